The molecule has 1 aliphatic rings. The van der Waals surface area contributed by atoms with Crippen molar-refractivity contribution in [2.45, 2.75) is 25.0 Å². The van der Waals surface area contributed by atoms with Crippen molar-refractivity contribution in [3.05, 3.63) is 0 Å². The zero-order valence-corrected chi connectivity index (χ0v) is 6.75. The summed E-state index contributed by atoms with van der Waals surface area (Å²) in [5.74, 6) is 1.34. The van der Waals surface area contributed by atoms with E-state index in [2.05, 4.69) is 18.7 Å². The number of thioether (sulfide) groups is 1. The third-order valence-electron chi connectivity index (χ3n) is 1.53. The molecule has 1 nitrogen and oxygen atoms in total. The maximum absolute atomic E-state index is 5.30. The molecular formula is C7H14OS. The van der Waals surface area contributed by atoms with E-state index in [1.165, 1.54) is 18.6 Å². The predicted molar refractivity (Wildman–Crippen MR) is 42.0 cm³/mol. The van der Waals surface area contributed by atoms with Crippen LogP contribution in [0.15, 0.2) is 0 Å². The van der Waals surface area contributed by atoms with Gasteiger partial charge >= 0.3 is 0 Å². The second-order valence-corrected chi connectivity index (χ2v) is 3.70. The fraction of sp³-hybridized carbons (Fsp3) is 1.00. The summed E-state index contributed by atoms with van der Waals surface area (Å²) in [5, 5.41) is 0.810. The first kappa shape index (κ1) is 7.42. The van der Waals surface area contributed by atoms with Crippen LogP contribution in [-0.4, -0.2) is 24.2 Å². The van der Waals surface area contributed by atoms with Crippen molar-refractivity contribution < 1.29 is 4.74 Å². The minimum absolute atomic E-state index is 0.810. The largest absolute Gasteiger partial charge is 0.381 e. The van der Waals surface area contributed by atoms with Gasteiger partial charge in [-0.05, 0) is 25.5 Å². The lowest BCUT2D eigenvalue weighted by atomic mass is 10.3. The Morgan fingerprint density at radius 2 is 2.56 bits per heavy atom. The predicted octanol–water partition coefficient (Wildman–Crippen LogP) is 1.92. The normalized spacial score (nSPS) is 27.0. The zero-order valence-electron chi connectivity index (χ0n) is 5.93. The summed E-state index contributed by atoms with van der Waals surface area (Å²) >= 11 is 2.06. The number of hydrogen-bond acceptors (Lipinski definition) is 2. The summed E-state index contributed by atoms with van der Waals surface area (Å²) in [6, 6.07) is 0. The Hall–Kier alpha value is 0.310. The fourth-order valence-corrected chi connectivity index (χ4v) is 2.22. The highest BCUT2D eigenvalue weighted by molar-refractivity contribution is 8.00. The molecule has 0 aromatic rings. The summed E-state index contributed by atoms with van der Waals surface area (Å²) in [5.41, 5.74) is 0. The Balaban J connectivity index is 1.98. The lowest BCUT2D eigenvalue weighted by molar-refractivity contribution is 0.148. The molecule has 0 saturated carbocycles. The summed E-state index contributed by atoms with van der Waals surface area (Å²) in [6.45, 7) is 3.90. The van der Waals surface area contributed by atoms with Gasteiger partial charge in [0.15, 0.2) is 0 Å². The van der Waals surface area contributed by atoms with Crippen LogP contribution in [-0.2, 0) is 4.74 Å². The van der Waals surface area contributed by atoms with Crippen LogP contribution < -0.4 is 0 Å². The van der Waals surface area contributed by atoms with E-state index < -0.39 is 0 Å². The second kappa shape index (κ2) is 4.18. The molecule has 1 atom stereocenters. The molecule has 1 fully saturated rings. The van der Waals surface area contributed by atoms with Crippen molar-refractivity contribution in [2.24, 2.45) is 0 Å². The molecule has 2 heteroatoms. The van der Waals surface area contributed by atoms with E-state index in [0.29, 0.717) is 0 Å². The lowest BCUT2D eigenvalue weighted by Gasteiger charge is -2.06. The smallest absolute Gasteiger partial charge is 0.0584 e. The summed E-state index contributed by atoms with van der Waals surface area (Å²) in [6.07, 6.45) is 2.76. The molecule has 1 unspecified atom stereocenters. The van der Waals surface area contributed by atoms with E-state index in [0.717, 1.165) is 18.5 Å². The topological polar surface area (TPSA) is 9.23 Å². The molecule has 1 rings (SSSR count). The Morgan fingerprint density at radius 1 is 1.67 bits per heavy atom. The van der Waals surface area contributed by atoms with Crippen LogP contribution in [0.3, 0.4) is 0 Å². The summed E-state index contributed by atoms with van der Waals surface area (Å²) < 4.78 is 5.30. The molecule has 1 heterocycles. The highest BCUT2D eigenvalue weighted by Gasteiger charge is 2.14. The van der Waals surface area contributed by atoms with Gasteiger partial charge in [-0.15, -0.1) is 0 Å². The zero-order chi connectivity index (χ0) is 6.53. The molecule has 0 bridgehead atoms. The van der Waals surface area contributed by atoms with Crippen molar-refractivity contribution in [1.29, 1.82) is 0 Å². The van der Waals surface area contributed by atoms with E-state index in [1.807, 2.05) is 0 Å². The first-order valence-electron chi connectivity index (χ1n) is 3.63. The van der Waals surface area contributed by atoms with Gasteiger partial charge in [0.1, 0.15) is 0 Å². The van der Waals surface area contributed by atoms with Gasteiger partial charge in [-0.25, -0.2) is 0 Å². The van der Waals surface area contributed by atoms with Crippen molar-refractivity contribution >= 4 is 11.8 Å². The van der Waals surface area contributed by atoms with Gasteiger partial charge in [-0.3, -0.25) is 0 Å². The number of ether oxygens (including phenoxy) is 1. The van der Waals surface area contributed by atoms with Crippen molar-refractivity contribution in [3.8, 4) is 0 Å². The summed E-state index contributed by atoms with van der Waals surface area (Å²) in [4.78, 5) is 0. The molecule has 0 N–H and O–H groups in total. The molecule has 54 valence electrons. The SMILES string of the molecule is CCOCC1CCCS1. The van der Waals surface area contributed by atoms with E-state index in [1.54, 1.807) is 0 Å². The molecular weight excluding hydrogens is 132 g/mol. The monoisotopic (exact) mass is 146 g/mol. The fourth-order valence-electron chi connectivity index (χ4n) is 1.03. The van der Waals surface area contributed by atoms with Crippen LogP contribution in [0.5, 0.6) is 0 Å². The summed E-state index contributed by atoms with van der Waals surface area (Å²) in [7, 11) is 0. The van der Waals surface area contributed by atoms with Gasteiger partial charge in [0.05, 0.1) is 6.61 Å². The average Bonchev–Trinajstić information content (AvgIpc) is 2.34. The molecule has 0 aliphatic carbocycles. The third-order valence-corrected chi connectivity index (χ3v) is 2.90. The first-order chi connectivity index (χ1) is 4.43. The van der Waals surface area contributed by atoms with Crippen molar-refractivity contribution in [3.63, 3.8) is 0 Å². The highest BCUT2D eigenvalue weighted by Crippen LogP contribution is 2.25. The van der Waals surface area contributed by atoms with Gasteiger partial charge in [0.25, 0.3) is 0 Å². The van der Waals surface area contributed by atoms with Crippen molar-refractivity contribution in [1.82, 2.24) is 0 Å². The van der Waals surface area contributed by atoms with Gasteiger partial charge in [-0.2, -0.15) is 11.8 Å². The third kappa shape index (κ3) is 2.59. The Kier molecular flexibility index (Phi) is 3.44. The molecule has 0 aromatic heterocycles. The minimum atomic E-state index is 0.810. The van der Waals surface area contributed by atoms with Gasteiger partial charge in [-0.1, -0.05) is 0 Å². The van der Waals surface area contributed by atoms with Crippen LogP contribution >= 0.6 is 11.8 Å². The molecule has 1 saturated heterocycles. The van der Waals surface area contributed by atoms with Crippen LogP contribution in [0.4, 0.5) is 0 Å². The van der Waals surface area contributed by atoms with Crippen LogP contribution in [0, 0.1) is 0 Å². The van der Waals surface area contributed by atoms with Gasteiger partial charge in [0, 0.05) is 11.9 Å². The van der Waals surface area contributed by atoms with E-state index in [-0.39, 0.29) is 0 Å². The molecule has 0 aromatic carbocycles. The van der Waals surface area contributed by atoms with E-state index in [4.69, 9.17) is 4.74 Å². The van der Waals surface area contributed by atoms with Crippen molar-refractivity contribution in [2.75, 3.05) is 19.0 Å². The molecule has 1 aliphatic heterocycles. The van der Waals surface area contributed by atoms with Gasteiger partial charge in [0.2, 0.25) is 0 Å². The van der Waals surface area contributed by atoms with Crippen LogP contribution in [0.25, 0.3) is 0 Å². The second-order valence-electron chi connectivity index (χ2n) is 2.29. The average molecular weight is 146 g/mol. The Labute approximate surface area is 61.2 Å². The molecule has 0 radical (unpaired) electrons. The maximum Gasteiger partial charge on any atom is 0.0584 e. The van der Waals surface area contributed by atoms with Crippen LogP contribution in [0.2, 0.25) is 0 Å². The highest BCUT2D eigenvalue weighted by atomic mass is 32.2. The molecule has 9 heavy (non-hydrogen) atoms. The molecule has 0 spiro atoms. The number of rotatable bonds is 3. The quantitative estimate of drug-likeness (QED) is 0.601. The number of hydrogen-bond donors (Lipinski definition) is 0. The van der Waals surface area contributed by atoms with Gasteiger partial charge < -0.3 is 4.74 Å². The Bertz CT molecular complexity index is 69.3. The lowest BCUT2D eigenvalue weighted by Crippen LogP contribution is -2.07. The first-order valence-corrected chi connectivity index (χ1v) is 4.67. The van der Waals surface area contributed by atoms with E-state index in [9.17, 15) is 0 Å². The molecule has 0 amide bonds. The van der Waals surface area contributed by atoms with E-state index >= 15 is 0 Å². The standard InChI is InChI=1S/C7H14OS/c1-2-8-6-7-4-3-5-9-7/h7H,2-6H2,1H3. The Morgan fingerprint density at radius 3 is 3.11 bits per heavy atom. The maximum atomic E-state index is 5.30. The minimum Gasteiger partial charge on any atom is -0.381 e. The van der Waals surface area contributed by atoms with Crippen LogP contribution in [0.1, 0.15) is 19.8 Å².